The number of fused-ring (bicyclic) bond motifs is 1. The molecule has 24 heavy (non-hydrogen) atoms. The third-order valence-electron chi connectivity index (χ3n) is 4.45. The highest BCUT2D eigenvalue weighted by Crippen LogP contribution is 2.38. The highest BCUT2D eigenvalue weighted by molar-refractivity contribution is 6.08. The Bertz CT molecular complexity index is 812. The SMILES string of the molecule is Cc1[nH]c2ccccc2c1C(=O)N1C[C@@H](C(F)(F)F)[C@H](C(=O)O)C1. The average molecular weight is 340 g/mol. The average Bonchev–Trinajstić information content (AvgIpc) is 3.06. The second-order valence-electron chi connectivity index (χ2n) is 5.97. The van der Waals surface area contributed by atoms with Crippen molar-refractivity contribution in [2.24, 2.45) is 11.8 Å². The second-order valence-corrected chi connectivity index (χ2v) is 5.97. The molecule has 0 aliphatic carbocycles. The molecular weight excluding hydrogens is 325 g/mol. The number of aromatic nitrogens is 1. The Balaban J connectivity index is 1.96. The summed E-state index contributed by atoms with van der Waals surface area (Å²) in [5.41, 5.74) is 1.54. The summed E-state index contributed by atoms with van der Waals surface area (Å²) in [5, 5.41) is 9.67. The second kappa shape index (κ2) is 5.54. The van der Waals surface area contributed by atoms with Crippen LogP contribution in [-0.4, -0.2) is 46.1 Å². The number of likely N-dealkylation sites (tertiary alicyclic amines) is 1. The number of aromatic amines is 1. The number of para-hydroxylation sites is 1. The topological polar surface area (TPSA) is 73.4 Å². The Morgan fingerprint density at radius 3 is 2.50 bits per heavy atom. The number of alkyl halides is 3. The van der Waals surface area contributed by atoms with Crippen LogP contribution in [0.4, 0.5) is 13.2 Å². The van der Waals surface area contributed by atoms with Gasteiger partial charge in [0.05, 0.1) is 17.4 Å². The summed E-state index contributed by atoms with van der Waals surface area (Å²) in [6, 6.07) is 6.98. The molecule has 1 aliphatic rings. The molecule has 2 heterocycles. The van der Waals surface area contributed by atoms with Gasteiger partial charge < -0.3 is 15.0 Å². The van der Waals surface area contributed by atoms with Gasteiger partial charge in [0.1, 0.15) is 0 Å². The molecule has 0 bridgehead atoms. The van der Waals surface area contributed by atoms with Crippen LogP contribution in [0.5, 0.6) is 0 Å². The molecule has 2 N–H and O–H groups in total. The fourth-order valence-corrected chi connectivity index (χ4v) is 3.26. The highest BCUT2D eigenvalue weighted by Gasteiger charge is 2.53. The Hall–Kier alpha value is -2.51. The number of carboxylic acids is 1. The van der Waals surface area contributed by atoms with Crippen molar-refractivity contribution < 1.29 is 27.9 Å². The van der Waals surface area contributed by atoms with Crippen molar-refractivity contribution in [2.45, 2.75) is 13.1 Å². The first-order chi connectivity index (χ1) is 11.2. The Kier molecular flexibility index (Phi) is 3.77. The van der Waals surface area contributed by atoms with E-state index >= 15 is 0 Å². The standard InChI is InChI=1S/C16H15F3N2O3/c1-8-13(9-4-2-3-5-12(9)20-8)14(22)21-6-10(15(23)24)11(7-21)16(17,18)19/h2-5,10-11,20H,6-7H2,1H3,(H,23,24)/t10-,11-/m1/s1. The number of aryl methyl sites for hydroxylation is 1. The summed E-state index contributed by atoms with van der Waals surface area (Å²) in [6.45, 7) is 0.578. The predicted octanol–water partition coefficient (Wildman–Crippen LogP) is 2.81. The first-order valence-electron chi connectivity index (χ1n) is 7.36. The van der Waals surface area contributed by atoms with Crippen LogP contribution in [0, 0.1) is 18.8 Å². The number of amides is 1. The molecule has 1 aromatic carbocycles. The maximum Gasteiger partial charge on any atom is 0.394 e. The molecular formula is C16H15F3N2O3. The third kappa shape index (κ3) is 2.61. The lowest BCUT2D eigenvalue weighted by molar-refractivity contribution is -0.187. The van der Waals surface area contributed by atoms with Crippen molar-refractivity contribution in [2.75, 3.05) is 13.1 Å². The van der Waals surface area contributed by atoms with Gasteiger partial charge in [0.25, 0.3) is 5.91 Å². The van der Waals surface area contributed by atoms with Crippen molar-refractivity contribution in [1.82, 2.24) is 9.88 Å². The number of nitrogens with zero attached hydrogens (tertiary/aromatic N) is 1. The van der Waals surface area contributed by atoms with Crippen LogP contribution in [0.15, 0.2) is 24.3 Å². The van der Waals surface area contributed by atoms with Crippen LogP contribution in [-0.2, 0) is 4.79 Å². The molecule has 0 radical (unpaired) electrons. The van der Waals surface area contributed by atoms with E-state index in [2.05, 4.69) is 4.98 Å². The van der Waals surface area contributed by atoms with E-state index in [0.717, 1.165) is 4.90 Å². The number of carbonyl (C=O) groups excluding carboxylic acids is 1. The van der Waals surface area contributed by atoms with Crippen molar-refractivity contribution in [3.05, 3.63) is 35.5 Å². The molecule has 8 heteroatoms. The van der Waals surface area contributed by atoms with Gasteiger partial charge in [-0.2, -0.15) is 13.2 Å². The molecule has 1 fully saturated rings. The summed E-state index contributed by atoms with van der Waals surface area (Å²) in [4.78, 5) is 27.9. The first-order valence-corrected chi connectivity index (χ1v) is 7.36. The monoisotopic (exact) mass is 340 g/mol. The Labute approximate surface area is 135 Å². The van der Waals surface area contributed by atoms with Gasteiger partial charge in [-0.3, -0.25) is 9.59 Å². The molecule has 1 saturated heterocycles. The highest BCUT2D eigenvalue weighted by atomic mass is 19.4. The van der Waals surface area contributed by atoms with Crippen LogP contribution >= 0.6 is 0 Å². The van der Waals surface area contributed by atoms with Gasteiger partial charge in [-0.15, -0.1) is 0 Å². The van der Waals surface area contributed by atoms with Crippen molar-refractivity contribution in [3.8, 4) is 0 Å². The van der Waals surface area contributed by atoms with E-state index < -0.39 is 43.0 Å². The molecule has 1 aliphatic heterocycles. The molecule has 1 amide bonds. The fraction of sp³-hybridized carbons (Fsp3) is 0.375. The van der Waals surface area contributed by atoms with E-state index in [1.165, 1.54) is 0 Å². The molecule has 2 atom stereocenters. The van der Waals surface area contributed by atoms with Crippen molar-refractivity contribution in [3.63, 3.8) is 0 Å². The number of aliphatic carboxylic acids is 1. The lowest BCUT2D eigenvalue weighted by atomic mass is 9.96. The number of benzene rings is 1. The largest absolute Gasteiger partial charge is 0.481 e. The normalized spacial score (nSPS) is 21.4. The molecule has 2 aromatic rings. The third-order valence-corrected chi connectivity index (χ3v) is 4.45. The lowest BCUT2D eigenvalue weighted by Gasteiger charge is -2.18. The number of H-pyrrole nitrogens is 1. The van der Waals surface area contributed by atoms with Crippen LogP contribution in [0.3, 0.4) is 0 Å². The number of hydrogen-bond donors (Lipinski definition) is 2. The lowest BCUT2D eigenvalue weighted by Crippen LogP contribution is -2.34. The molecule has 1 aromatic heterocycles. The van der Waals surface area contributed by atoms with Crippen molar-refractivity contribution in [1.29, 1.82) is 0 Å². The van der Waals surface area contributed by atoms with E-state index in [0.29, 0.717) is 16.6 Å². The molecule has 5 nitrogen and oxygen atoms in total. The number of carbonyl (C=O) groups is 2. The fourth-order valence-electron chi connectivity index (χ4n) is 3.26. The van der Waals surface area contributed by atoms with Gasteiger partial charge in [-0.05, 0) is 13.0 Å². The zero-order valence-electron chi connectivity index (χ0n) is 12.7. The Morgan fingerprint density at radius 1 is 1.25 bits per heavy atom. The zero-order chi connectivity index (χ0) is 17.6. The molecule has 0 unspecified atom stereocenters. The van der Waals surface area contributed by atoms with Crippen LogP contribution in [0.2, 0.25) is 0 Å². The van der Waals surface area contributed by atoms with E-state index in [-0.39, 0.29) is 5.56 Å². The van der Waals surface area contributed by atoms with Gasteiger partial charge >= 0.3 is 12.1 Å². The number of carboxylic acid groups (broad SMARTS) is 1. The summed E-state index contributed by atoms with van der Waals surface area (Å²) < 4.78 is 39.2. The number of hydrogen-bond acceptors (Lipinski definition) is 2. The maximum atomic E-state index is 13.1. The molecule has 0 spiro atoms. The number of nitrogens with one attached hydrogen (secondary N) is 1. The van der Waals surface area contributed by atoms with Crippen LogP contribution in [0.25, 0.3) is 10.9 Å². The molecule has 0 saturated carbocycles. The minimum atomic E-state index is -4.66. The summed E-state index contributed by atoms with van der Waals surface area (Å²) in [7, 11) is 0. The van der Waals surface area contributed by atoms with Gasteiger partial charge in [0.2, 0.25) is 0 Å². The summed E-state index contributed by atoms with van der Waals surface area (Å²) in [6.07, 6.45) is -4.66. The number of rotatable bonds is 2. The minimum absolute atomic E-state index is 0.289. The van der Waals surface area contributed by atoms with E-state index in [4.69, 9.17) is 5.11 Å². The van der Waals surface area contributed by atoms with Gasteiger partial charge in [-0.1, -0.05) is 18.2 Å². The van der Waals surface area contributed by atoms with Crippen LogP contribution < -0.4 is 0 Å². The van der Waals surface area contributed by atoms with E-state index in [9.17, 15) is 22.8 Å². The summed E-state index contributed by atoms with van der Waals surface area (Å²) in [5.74, 6) is -5.81. The zero-order valence-corrected chi connectivity index (χ0v) is 12.7. The first kappa shape index (κ1) is 16.4. The van der Waals surface area contributed by atoms with Crippen LogP contribution in [0.1, 0.15) is 16.1 Å². The Morgan fingerprint density at radius 2 is 1.92 bits per heavy atom. The number of halogens is 3. The summed E-state index contributed by atoms with van der Waals surface area (Å²) >= 11 is 0. The molecule has 3 rings (SSSR count). The smallest absolute Gasteiger partial charge is 0.394 e. The maximum absolute atomic E-state index is 13.1. The van der Waals surface area contributed by atoms with E-state index in [1.807, 2.05) is 0 Å². The van der Waals surface area contributed by atoms with Gasteiger partial charge in [-0.25, -0.2) is 0 Å². The van der Waals surface area contributed by atoms with Gasteiger partial charge in [0.15, 0.2) is 0 Å². The quantitative estimate of drug-likeness (QED) is 0.883. The van der Waals surface area contributed by atoms with Crippen molar-refractivity contribution >= 4 is 22.8 Å². The van der Waals surface area contributed by atoms with Gasteiger partial charge in [0, 0.05) is 29.7 Å². The molecule has 128 valence electrons. The minimum Gasteiger partial charge on any atom is -0.481 e. The predicted molar refractivity (Wildman–Crippen MR) is 79.6 cm³/mol. The van der Waals surface area contributed by atoms with E-state index in [1.54, 1.807) is 31.2 Å².